The first kappa shape index (κ1) is 21.6. The lowest BCUT2D eigenvalue weighted by Crippen LogP contribution is -2.48. The molecule has 0 aromatic heterocycles. The van der Waals surface area contributed by atoms with E-state index in [1.54, 1.807) is 12.1 Å². The van der Waals surface area contributed by atoms with Gasteiger partial charge in [0.2, 0.25) is 5.91 Å². The average molecular weight is 405 g/mol. The van der Waals surface area contributed by atoms with Crippen molar-refractivity contribution >= 4 is 12.4 Å². The number of nitrogens with zero attached hydrogens (tertiary/aromatic N) is 2. The first-order valence-electron chi connectivity index (χ1n) is 10.6. The number of para-hydroxylation sites is 1. The summed E-state index contributed by atoms with van der Waals surface area (Å²) in [6, 6.07) is 7.53. The fourth-order valence-electron chi connectivity index (χ4n) is 5.20. The third-order valence-electron chi connectivity index (χ3n) is 6.67. The smallest absolute Gasteiger partial charge is 0.290 e. The highest BCUT2D eigenvalue weighted by Gasteiger charge is 2.44. The molecule has 1 aromatic carbocycles. The summed E-state index contributed by atoms with van der Waals surface area (Å²) in [6.07, 6.45) is 5.11. The van der Waals surface area contributed by atoms with Crippen LogP contribution in [-0.2, 0) is 16.0 Å². The summed E-state index contributed by atoms with van der Waals surface area (Å²) in [4.78, 5) is 25.5. The van der Waals surface area contributed by atoms with E-state index in [1.807, 2.05) is 17.0 Å². The van der Waals surface area contributed by atoms with Gasteiger partial charge in [-0.25, -0.2) is 0 Å². The van der Waals surface area contributed by atoms with Gasteiger partial charge in [-0.3, -0.25) is 14.5 Å². The van der Waals surface area contributed by atoms with Crippen LogP contribution in [-0.4, -0.2) is 75.8 Å². The van der Waals surface area contributed by atoms with E-state index in [-0.39, 0.29) is 30.3 Å². The van der Waals surface area contributed by atoms with Crippen LogP contribution in [0.4, 0.5) is 0 Å². The van der Waals surface area contributed by atoms with E-state index in [0.29, 0.717) is 24.7 Å². The number of aliphatic hydroxyl groups is 1. The predicted octanol–water partition coefficient (Wildman–Crippen LogP) is 1.72. The van der Waals surface area contributed by atoms with Crippen molar-refractivity contribution in [1.29, 1.82) is 0 Å². The van der Waals surface area contributed by atoms with Gasteiger partial charge in [0, 0.05) is 25.6 Å². The molecular formula is C22H32N2O5. The Kier molecular flexibility index (Phi) is 7.50. The van der Waals surface area contributed by atoms with E-state index in [1.165, 1.54) is 12.8 Å². The number of likely N-dealkylation sites (tertiary alicyclic amines) is 2. The maximum atomic E-state index is 12.7. The Hall–Kier alpha value is -2.12. The van der Waals surface area contributed by atoms with Crippen molar-refractivity contribution in [3.63, 3.8) is 0 Å². The Morgan fingerprint density at radius 1 is 1.10 bits per heavy atom. The number of carboxylic acid groups (broad SMARTS) is 1. The van der Waals surface area contributed by atoms with Crippen LogP contribution in [0.5, 0.6) is 5.75 Å². The number of aryl methyl sites for hydroxylation is 1. The van der Waals surface area contributed by atoms with Gasteiger partial charge in [-0.2, -0.15) is 0 Å². The average Bonchev–Trinajstić information content (AvgIpc) is 3.36. The van der Waals surface area contributed by atoms with Crippen LogP contribution < -0.4 is 0 Å². The number of benzene rings is 1. The number of carbonyl (C=O) groups is 2. The van der Waals surface area contributed by atoms with E-state index < -0.39 is 0 Å². The highest BCUT2D eigenvalue weighted by Crippen LogP contribution is 2.39. The zero-order valence-electron chi connectivity index (χ0n) is 16.8. The van der Waals surface area contributed by atoms with Crippen LogP contribution in [0.25, 0.3) is 0 Å². The minimum absolute atomic E-state index is 0.176. The molecule has 1 aliphatic carbocycles. The molecule has 0 bridgehead atoms. The fourth-order valence-corrected chi connectivity index (χ4v) is 5.20. The molecule has 1 aromatic rings. The summed E-state index contributed by atoms with van der Waals surface area (Å²) in [7, 11) is 0. The number of carbonyl (C=O) groups excluding carboxylic acids is 1. The number of fused-ring (bicyclic) bond motifs is 1. The lowest BCUT2D eigenvalue weighted by atomic mass is 9.77. The third-order valence-corrected chi connectivity index (χ3v) is 6.67. The second-order valence-electron chi connectivity index (χ2n) is 8.40. The largest absolute Gasteiger partial charge is 0.508 e. The van der Waals surface area contributed by atoms with E-state index in [4.69, 9.17) is 9.90 Å². The zero-order valence-corrected chi connectivity index (χ0v) is 16.8. The molecule has 2 aliphatic heterocycles. The van der Waals surface area contributed by atoms with Crippen LogP contribution in [0, 0.1) is 11.8 Å². The van der Waals surface area contributed by atoms with Crippen molar-refractivity contribution in [2.75, 3.05) is 26.2 Å². The van der Waals surface area contributed by atoms with Gasteiger partial charge in [-0.1, -0.05) is 18.2 Å². The van der Waals surface area contributed by atoms with Crippen molar-refractivity contribution in [3.05, 3.63) is 29.8 Å². The number of amides is 1. The van der Waals surface area contributed by atoms with E-state index >= 15 is 0 Å². The molecule has 3 aliphatic rings. The minimum Gasteiger partial charge on any atom is -0.508 e. The van der Waals surface area contributed by atoms with Crippen molar-refractivity contribution < 1.29 is 24.9 Å². The number of aliphatic hydroxyl groups excluding tert-OH is 1. The Balaban J connectivity index is 0.000000755. The molecule has 29 heavy (non-hydrogen) atoms. The third kappa shape index (κ3) is 5.28. The Morgan fingerprint density at radius 3 is 2.38 bits per heavy atom. The molecule has 0 unspecified atom stereocenters. The van der Waals surface area contributed by atoms with Crippen LogP contribution in [0.3, 0.4) is 0 Å². The van der Waals surface area contributed by atoms with Crippen LogP contribution in [0.1, 0.15) is 37.7 Å². The molecule has 3 fully saturated rings. The van der Waals surface area contributed by atoms with Crippen molar-refractivity contribution in [2.24, 2.45) is 11.8 Å². The minimum atomic E-state index is -0.250. The first-order chi connectivity index (χ1) is 14.0. The van der Waals surface area contributed by atoms with Gasteiger partial charge < -0.3 is 20.2 Å². The molecule has 2 saturated heterocycles. The molecule has 4 atom stereocenters. The lowest BCUT2D eigenvalue weighted by molar-refractivity contribution is -0.130. The molecule has 160 valence electrons. The molecule has 4 rings (SSSR count). The van der Waals surface area contributed by atoms with E-state index in [9.17, 15) is 15.0 Å². The highest BCUT2D eigenvalue weighted by atomic mass is 16.3. The molecule has 1 amide bonds. The standard InChI is InChI=1S/C21H30N2O3.CH2O2/c24-19-6-2-1-5-15(19)7-8-21(26)23-13-16-11-18(22-9-3-4-10-22)20(25)12-17(16)14-23;2-1-3/h1-2,5-6,16-18,20,24-25H,3-4,7-14H2;1H,(H,2,3)/t16-,17+,18-,20-;/m1./s1. The summed E-state index contributed by atoms with van der Waals surface area (Å²) in [5.41, 5.74) is 0.835. The summed E-state index contributed by atoms with van der Waals surface area (Å²) in [5.74, 6) is 1.41. The van der Waals surface area contributed by atoms with Crippen molar-refractivity contribution in [1.82, 2.24) is 9.80 Å². The molecule has 7 heteroatoms. The van der Waals surface area contributed by atoms with Gasteiger partial charge in [0.15, 0.2) is 0 Å². The summed E-state index contributed by atoms with van der Waals surface area (Å²) < 4.78 is 0. The predicted molar refractivity (Wildman–Crippen MR) is 109 cm³/mol. The molecular weight excluding hydrogens is 372 g/mol. The highest BCUT2D eigenvalue weighted by molar-refractivity contribution is 5.77. The normalized spacial score (nSPS) is 29.1. The molecule has 0 spiro atoms. The summed E-state index contributed by atoms with van der Waals surface area (Å²) in [5, 5.41) is 27.4. The second kappa shape index (κ2) is 10.1. The van der Waals surface area contributed by atoms with Gasteiger partial charge in [-0.15, -0.1) is 0 Å². The van der Waals surface area contributed by atoms with Crippen LogP contribution in [0.2, 0.25) is 0 Å². The lowest BCUT2D eigenvalue weighted by Gasteiger charge is -2.40. The maximum absolute atomic E-state index is 12.7. The van der Waals surface area contributed by atoms with E-state index in [0.717, 1.165) is 44.6 Å². The Morgan fingerprint density at radius 2 is 1.72 bits per heavy atom. The number of phenols is 1. The number of phenolic OH excluding ortho intramolecular Hbond substituents is 1. The molecule has 2 heterocycles. The van der Waals surface area contributed by atoms with Gasteiger partial charge in [0.1, 0.15) is 5.75 Å². The zero-order chi connectivity index (χ0) is 20.8. The number of aromatic hydroxyl groups is 1. The van der Waals surface area contributed by atoms with Gasteiger partial charge in [0.05, 0.1) is 6.10 Å². The van der Waals surface area contributed by atoms with Crippen LogP contribution >= 0.6 is 0 Å². The fraction of sp³-hybridized carbons (Fsp3) is 0.636. The number of rotatable bonds is 4. The van der Waals surface area contributed by atoms with Crippen LogP contribution in [0.15, 0.2) is 24.3 Å². The molecule has 1 saturated carbocycles. The Labute approximate surface area is 171 Å². The quantitative estimate of drug-likeness (QED) is 0.661. The monoisotopic (exact) mass is 404 g/mol. The second-order valence-corrected chi connectivity index (χ2v) is 8.40. The van der Waals surface area contributed by atoms with Crippen molar-refractivity contribution in [2.45, 2.75) is 50.7 Å². The topological polar surface area (TPSA) is 101 Å². The summed E-state index contributed by atoms with van der Waals surface area (Å²) >= 11 is 0. The molecule has 3 N–H and O–H groups in total. The van der Waals surface area contributed by atoms with Gasteiger partial charge in [-0.05, 0) is 68.7 Å². The summed E-state index contributed by atoms with van der Waals surface area (Å²) in [6.45, 7) is 3.60. The number of hydrogen-bond donors (Lipinski definition) is 3. The SMILES string of the molecule is O=C(CCc1ccccc1O)N1C[C@H]2C[C@@H](N3CCCC3)[C@H](O)C[C@H]2C1.O=CO. The first-order valence-corrected chi connectivity index (χ1v) is 10.6. The number of hydrogen-bond acceptors (Lipinski definition) is 5. The van der Waals surface area contributed by atoms with E-state index in [2.05, 4.69) is 4.90 Å². The maximum Gasteiger partial charge on any atom is 0.290 e. The van der Waals surface area contributed by atoms with Crippen molar-refractivity contribution in [3.8, 4) is 5.75 Å². The Bertz CT molecular complexity index is 692. The van der Waals surface area contributed by atoms with Gasteiger partial charge >= 0.3 is 0 Å². The molecule has 7 nitrogen and oxygen atoms in total. The molecule has 0 radical (unpaired) electrons. The van der Waals surface area contributed by atoms with Gasteiger partial charge in [0.25, 0.3) is 6.47 Å².